The van der Waals surface area contributed by atoms with Crippen LogP contribution in [0, 0.1) is 20.8 Å². The van der Waals surface area contributed by atoms with E-state index in [0.29, 0.717) is 0 Å². The Morgan fingerprint density at radius 3 is 1.90 bits per heavy atom. The SMILES string of the molecule is Cc1nc(C)c(C)c(-c2ccc(-c3ccc(-c4cccc5cccnc45)cc3)cc2)n1. The number of aryl methyl sites for hydroxylation is 2. The van der Waals surface area contributed by atoms with Crippen molar-refractivity contribution in [1.82, 2.24) is 15.0 Å². The number of fused-ring (bicyclic) bond motifs is 1. The highest BCUT2D eigenvalue weighted by atomic mass is 14.9. The molecule has 5 rings (SSSR count). The Kier molecular flexibility index (Phi) is 4.79. The van der Waals surface area contributed by atoms with E-state index in [-0.39, 0.29) is 0 Å². The van der Waals surface area contributed by atoms with Crippen LogP contribution in [-0.2, 0) is 0 Å². The number of rotatable bonds is 3. The van der Waals surface area contributed by atoms with Gasteiger partial charge >= 0.3 is 0 Å². The second kappa shape index (κ2) is 7.77. The molecule has 0 saturated carbocycles. The molecule has 0 N–H and O–H groups in total. The number of pyridine rings is 1. The highest BCUT2D eigenvalue weighted by Gasteiger charge is 2.09. The zero-order valence-corrected chi connectivity index (χ0v) is 17.9. The maximum atomic E-state index is 4.66. The summed E-state index contributed by atoms with van der Waals surface area (Å²) >= 11 is 0. The molecule has 5 aromatic rings. The van der Waals surface area contributed by atoms with Crippen LogP contribution in [0.1, 0.15) is 17.1 Å². The molecule has 0 bridgehead atoms. The number of aromatic nitrogens is 3. The van der Waals surface area contributed by atoms with Gasteiger partial charge in [0.15, 0.2) is 0 Å². The van der Waals surface area contributed by atoms with Crippen molar-refractivity contribution in [3.05, 3.63) is 102 Å². The molecule has 0 aliphatic rings. The fraction of sp³-hybridized carbons (Fsp3) is 0.107. The molecular formula is C28H23N3. The van der Waals surface area contributed by atoms with Crippen LogP contribution in [0.25, 0.3) is 44.4 Å². The van der Waals surface area contributed by atoms with Gasteiger partial charge in [0.2, 0.25) is 0 Å². The van der Waals surface area contributed by atoms with E-state index >= 15 is 0 Å². The van der Waals surface area contributed by atoms with Gasteiger partial charge in [0.25, 0.3) is 0 Å². The molecule has 0 atom stereocenters. The summed E-state index contributed by atoms with van der Waals surface area (Å²) in [5, 5.41) is 1.16. The quantitative estimate of drug-likeness (QED) is 0.328. The van der Waals surface area contributed by atoms with Gasteiger partial charge in [0, 0.05) is 28.4 Å². The molecule has 0 aliphatic heterocycles. The summed E-state index contributed by atoms with van der Waals surface area (Å²) < 4.78 is 0. The summed E-state index contributed by atoms with van der Waals surface area (Å²) in [5.41, 5.74) is 10.0. The first-order chi connectivity index (χ1) is 15.1. The maximum Gasteiger partial charge on any atom is 0.126 e. The number of nitrogens with zero attached hydrogens (tertiary/aromatic N) is 3. The van der Waals surface area contributed by atoms with Crippen LogP contribution in [-0.4, -0.2) is 15.0 Å². The first-order valence-corrected chi connectivity index (χ1v) is 10.5. The van der Waals surface area contributed by atoms with E-state index in [9.17, 15) is 0 Å². The molecule has 2 heterocycles. The maximum absolute atomic E-state index is 4.66. The lowest BCUT2D eigenvalue weighted by Crippen LogP contribution is -1.98. The summed E-state index contributed by atoms with van der Waals surface area (Å²) in [6.45, 7) is 6.06. The lowest BCUT2D eigenvalue weighted by Gasteiger charge is -2.10. The van der Waals surface area contributed by atoms with Crippen LogP contribution in [0.5, 0.6) is 0 Å². The monoisotopic (exact) mass is 401 g/mol. The predicted octanol–water partition coefficient (Wildman–Crippen LogP) is 6.95. The zero-order chi connectivity index (χ0) is 21.4. The van der Waals surface area contributed by atoms with Crippen LogP contribution in [0.2, 0.25) is 0 Å². The number of benzene rings is 3. The molecule has 0 aliphatic carbocycles. The van der Waals surface area contributed by atoms with Gasteiger partial charge in [-0.3, -0.25) is 4.98 Å². The van der Waals surface area contributed by atoms with E-state index in [1.165, 1.54) is 16.7 Å². The van der Waals surface area contributed by atoms with Gasteiger partial charge < -0.3 is 0 Å². The van der Waals surface area contributed by atoms with Gasteiger partial charge in [-0.15, -0.1) is 0 Å². The van der Waals surface area contributed by atoms with Crippen molar-refractivity contribution in [1.29, 1.82) is 0 Å². The Morgan fingerprint density at radius 1 is 0.581 bits per heavy atom. The third-order valence-corrected chi connectivity index (χ3v) is 5.82. The van der Waals surface area contributed by atoms with E-state index in [2.05, 4.69) is 94.7 Å². The van der Waals surface area contributed by atoms with E-state index in [1.54, 1.807) is 0 Å². The number of hydrogen-bond donors (Lipinski definition) is 0. The summed E-state index contributed by atoms with van der Waals surface area (Å²) in [7, 11) is 0. The van der Waals surface area contributed by atoms with Crippen molar-refractivity contribution in [3.63, 3.8) is 0 Å². The molecular weight excluding hydrogens is 378 g/mol. The number of hydrogen-bond acceptors (Lipinski definition) is 3. The molecule has 31 heavy (non-hydrogen) atoms. The molecule has 0 fully saturated rings. The van der Waals surface area contributed by atoms with E-state index in [4.69, 9.17) is 0 Å². The molecule has 3 aromatic carbocycles. The summed E-state index contributed by atoms with van der Waals surface area (Å²) in [4.78, 5) is 13.7. The average molecular weight is 402 g/mol. The van der Waals surface area contributed by atoms with Gasteiger partial charge in [-0.2, -0.15) is 0 Å². The van der Waals surface area contributed by atoms with E-state index in [0.717, 1.165) is 44.8 Å². The van der Waals surface area contributed by atoms with Gasteiger partial charge in [-0.25, -0.2) is 9.97 Å². The van der Waals surface area contributed by atoms with Crippen LogP contribution in [0.3, 0.4) is 0 Å². The van der Waals surface area contributed by atoms with Gasteiger partial charge in [-0.1, -0.05) is 72.8 Å². The molecule has 150 valence electrons. The Hall–Kier alpha value is -3.85. The van der Waals surface area contributed by atoms with Gasteiger partial charge in [0.05, 0.1) is 11.2 Å². The topological polar surface area (TPSA) is 38.7 Å². The molecule has 0 amide bonds. The first kappa shape index (κ1) is 19.1. The van der Waals surface area contributed by atoms with Crippen LogP contribution in [0.4, 0.5) is 0 Å². The highest BCUT2D eigenvalue weighted by Crippen LogP contribution is 2.30. The summed E-state index contributed by atoms with van der Waals surface area (Å²) in [5.74, 6) is 0.806. The normalized spacial score (nSPS) is 11.1. The van der Waals surface area contributed by atoms with Crippen molar-refractivity contribution in [2.45, 2.75) is 20.8 Å². The Labute approximate surface area is 182 Å². The second-order valence-corrected chi connectivity index (χ2v) is 7.87. The second-order valence-electron chi connectivity index (χ2n) is 7.87. The van der Waals surface area contributed by atoms with Crippen molar-refractivity contribution >= 4 is 10.9 Å². The molecule has 0 unspecified atom stereocenters. The molecule has 0 saturated heterocycles. The third kappa shape index (κ3) is 3.59. The summed E-state index contributed by atoms with van der Waals surface area (Å²) in [6.07, 6.45) is 1.85. The number of para-hydroxylation sites is 1. The third-order valence-electron chi connectivity index (χ3n) is 5.82. The summed E-state index contributed by atoms with van der Waals surface area (Å²) in [6, 6.07) is 27.7. The average Bonchev–Trinajstić information content (AvgIpc) is 2.81. The zero-order valence-electron chi connectivity index (χ0n) is 17.9. The lowest BCUT2D eigenvalue weighted by atomic mass is 9.97. The first-order valence-electron chi connectivity index (χ1n) is 10.5. The molecule has 0 spiro atoms. The fourth-order valence-corrected chi connectivity index (χ4v) is 4.05. The van der Waals surface area contributed by atoms with Crippen molar-refractivity contribution in [2.24, 2.45) is 0 Å². The molecule has 3 heteroatoms. The largest absolute Gasteiger partial charge is 0.256 e. The predicted molar refractivity (Wildman–Crippen MR) is 128 cm³/mol. The van der Waals surface area contributed by atoms with Gasteiger partial charge in [-0.05, 0) is 49.1 Å². The Morgan fingerprint density at radius 2 is 1.19 bits per heavy atom. The van der Waals surface area contributed by atoms with Crippen LogP contribution >= 0.6 is 0 Å². The minimum atomic E-state index is 0.806. The highest BCUT2D eigenvalue weighted by molar-refractivity contribution is 5.93. The standard InChI is InChI=1S/C28H23N3/c1-18-19(2)30-20(3)31-27(18)25-15-11-22(12-16-25)21-9-13-23(14-10-21)26-8-4-6-24-7-5-17-29-28(24)26/h4-17H,1-3H3. The van der Waals surface area contributed by atoms with Crippen molar-refractivity contribution in [3.8, 4) is 33.5 Å². The minimum Gasteiger partial charge on any atom is -0.256 e. The van der Waals surface area contributed by atoms with Crippen LogP contribution < -0.4 is 0 Å². The Bertz CT molecular complexity index is 1380. The smallest absolute Gasteiger partial charge is 0.126 e. The fourth-order valence-electron chi connectivity index (χ4n) is 4.05. The van der Waals surface area contributed by atoms with Crippen molar-refractivity contribution in [2.75, 3.05) is 0 Å². The Balaban J connectivity index is 1.47. The van der Waals surface area contributed by atoms with Gasteiger partial charge in [0.1, 0.15) is 5.82 Å². The molecule has 3 nitrogen and oxygen atoms in total. The lowest BCUT2D eigenvalue weighted by molar-refractivity contribution is 0.992. The van der Waals surface area contributed by atoms with E-state index in [1.807, 2.05) is 26.1 Å². The van der Waals surface area contributed by atoms with Crippen molar-refractivity contribution < 1.29 is 0 Å². The van der Waals surface area contributed by atoms with E-state index < -0.39 is 0 Å². The van der Waals surface area contributed by atoms with Crippen LogP contribution in [0.15, 0.2) is 85.1 Å². The molecule has 2 aromatic heterocycles. The molecule has 0 radical (unpaired) electrons. The minimum absolute atomic E-state index is 0.806.